The van der Waals surface area contributed by atoms with Gasteiger partial charge in [0.2, 0.25) is 5.91 Å². The molecule has 90 valence electrons. The molecule has 0 atom stereocenters. The molecule has 1 aromatic carbocycles. The Morgan fingerprint density at radius 1 is 1.35 bits per heavy atom. The fourth-order valence-corrected chi connectivity index (χ4v) is 1.35. The third-order valence-corrected chi connectivity index (χ3v) is 2.18. The average Bonchev–Trinajstić information content (AvgIpc) is 2.32. The maximum atomic E-state index is 11.3. The van der Waals surface area contributed by atoms with Crippen molar-refractivity contribution >= 4 is 23.2 Å². The van der Waals surface area contributed by atoms with Crippen molar-refractivity contribution in [2.24, 2.45) is 0 Å². The number of rotatable bonds is 4. The van der Waals surface area contributed by atoms with Gasteiger partial charge in [-0.2, -0.15) is 0 Å². The van der Waals surface area contributed by atoms with Crippen molar-refractivity contribution in [2.75, 3.05) is 24.8 Å². The van der Waals surface area contributed by atoms with E-state index < -0.39 is 0 Å². The van der Waals surface area contributed by atoms with Gasteiger partial charge in [0.05, 0.1) is 6.54 Å². The minimum atomic E-state index is -0.0750. The summed E-state index contributed by atoms with van der Waals surface area (Å²) in [6, 6.07) is 7.41. The van der Waals surface area contributed by atoms with Crippen molar-refractivity contribution in [3.8, 4) is 11.8 Å². The monoisotopic (exact) mass is 250 g/mol. The molecule has 0 aromatic heterocycles. The van der Waals surface area contributed by atoms with Crippen molar-refractivity contribution in [3.05, 3.63) is 29.8 Å². The van der Waals surface area contributed by atoms with Crippen LogP contribution in [0, 0.1) is 11.8 Å². The van der Waals surface area contributed by atoms with Crippen LogP contribution in [0.5, 0.6) is 0 Å². The summed E-state index contributed by atoms with van der Waals surface area (Å²) in [5.41, 5.74) is 1.69. The van der Waals surface area contributed by atoms with Crippen LogP contribution < -0.4 is 10.6 Å². The zero-order valence-corrected chi connectivity index (χ0v) is 10.5. The number of benzene rings is 1. The lowest BCUT2D eigenvalue weighted by atomic mass is 10.2. The van der Waals surface area contributed by atoms with Crippen molar-refractivity contribution in [1.29, 1.82) is 0 Å². The predicted molar refractivity (Wildman–Crippen MR) is 71.2 cm³/mol. The van der Waals surface area contributed by atoms with E-state index in [0.717, 1.165) is 11.3 Å². The number of carbonyl (C=O) groups excluding carboxylic acids is 1. The maximum Gasteiger partial charge on any atom is 0.225 e. The molecule has 0 unspecified atom stereocenters. The van der Waals surface area contributed by atoms with Gasteiger partial charge in [0.25, 0.3) is 0 Å². The molecule has 0 saturated heterocycles. The first-order chi connectivity index (χ1) is 8.26. The summed E-state index contributed by atoms with van der Waals surface area (Å²) in [6.07, 6.45) is 0.325. The van der Waals surface area contributed by atoms with Gasteiger partial charge in [-0.05, 0) is 31.3 Å². The first kappa shape index (κ1) is 13.6. The Balaban J connectivity index is 2.56. The van der Waals surface area contributed by atoms with Crippen LogP contribution in [0.15, 0.2) is 24.3 Å². The first-order valence-electron chi connectivity index (χ1n) is 5.35. The van der Waals surface area contributed by atoms with E-state index in [9.17, 15) is 4.79 Å². The van der Waals surface area contributed by atoms with Crippen LogP contribution in [0.25, 0.3) is 0 Å². The number of alkyl halides is 1. The summed E-state index contributed by atoms with van der Waals surface area (Å²) in [7, 11) is 1.85. The number of hydrogen-bond donors (Lipinski definition) is 2. The molecule has 17 heavy (non-hydrogen) atoms. The topological polar surface area (TPSA) is 41.1 Å². The maximum absolute atomic E-state index is 11.3. The molecule has 0 fully saturated rings. The van der Waals surface area contributed by atoms with Crippen LogP contribution in [0.4, 0.5) is 5.69 Å². The van der Waals surface area contributed by atoms with Gasteiger partial charge in [0.15, 0.2) is 0 Å². The minimum absolute atomic E-state index is 0.0750. The minimum Gasteiger partial charge on any atom is -0.326 e. The Hall–Kier alpha value is -1.50. The highest BCUT2D eigenvalue weighted by molar-refractivity contribution is 6.19. The summed E-state index contributed by atoms with van der Waals surface area (Å²) in [5, 5.41) is 5.70. The third kappa shape index (κ3) is 5.39. The van der Waals surface area contributed by atoms with Crippen LogP contribution in [-0.4, -0.2) is 25.4 Å². The summed E-state index contributed by atoms with van der Waals surface area (Å²) < 4.78 is 0. The van der Waals surface area contributed by atoms with E-state index in [4.69, 9.17) is 11.6 Å². The number of halogens is 1. The lowest BCUT2D eigenvalue weighted by molar-refractivity contribution is -0.115. The molecule has 0 aliphatic carbocycles. The van der Waals surface area contributed by atoms with Gasteiger partial charge in [0.1, 0.15) is 0 Å². The molecule has 2 N–H and O–H groups in total. The number of hydrogen-bond acceptors (Lipinski definition) is 2. The molecule has 0 heterocycles. The fourth-order valence-electron chi connectivity index (χ4n) is 1.18. The van der Waals surface area contributed by atoms with Gasteiger partial charge >= 0.3 is 0 Å². The van der Waals surface area contributed by atoms with Gasteiger partial charge in [0, 0.05) is 23.6 Å². The summed E-state index contributed by atoms with van der Waals surface area (Å²) in [4.78, 5) is 11.3. The molecule has 0 bridgehead atoms. The second-order valence-electron chi connectivity index (χ2n) is 3.40. The molecule has 0 spiro atoms. The van der Waals surface area contributed by atoms with Crippen LogP contribution >= 0.6 is 11.6 Å². The molecule has 1 amide bonds. The van der Waals surface area contributed by atoms with Gasteiger partial charge in [-0.15, -0.1) is 11.6 Å². The number of nitrogens with one attached hydrogen (secondary N) is 2. The van der Waals surface area contributed by atoms with Crippen molar-refractivity contribution < 1.29 is 4.79 Å². The van der Waals surface area contributed by atoms with Crippen molar-refractivity contribution in [3.63, 3.8) is 0 Å². The normalized spacial score (nSPS) is 9.29. The Kier molecular flexibility index (Phi) is 6.16. The second kappa shape index (κ2) is 7.72. The summed E-state index contributed by atoms with van der Waals surface area (Å²) in [6.45, 7) is 0.661. The van der Waals surface area contributed by atoms with Crippen molar-refractivity contribution in [2.45, 2.75) is 6.42 Å². The predicted octanol–water partition coefficient (Wildman–Crippen LogP) is 1.82. The lowest BCUT2D eigenvalue weighted by Crippen LogP contribution is -2.11. The van der Waals surface area contributed by atoms with Crippen LogP contribution in [0.2, 0.25) is 0 Å². The van der Waals surface area contributed by atoms with Crippen molar-refractivity contribution in [1.82, 2.24) is 5.32 Å². The van der Waals surface area contributed by atoms with E-state index in [1.165, 1.54) is 0 Å². The van der Waals surface area contributed by atoms with E-state index in [1.807, 2.05) is 31.3 Å². The van der Waals surface area contributed by atoms with E-state index in [1.54, 1.807) is 0 Å². The molecule has 3 nitrogen and oxygen atoms in total. The molecule has 1 rings (SSSR count). The van der Waals surface area contributed by atoms with Gasteiger partial charge in [-0.1, -0.05) is 11.8 Å². The molecule has 0 radical (unpaired) electrons. The molecule has 0 saturated carbocycles. The van der Waals surface area contributed by atoms with Gasteiger partial charge in [-0.3, -0.25) is 4.79 Å². The quantitative estimate of drug-likeness (QED) is 0.632. The molecule has 0 aliphatic rings. The molecule has 1 aromatic rings. The van der Waals surface area contributed by atoms with Crippen LogP contribution in [0.3, 0.4) is 0 Å². The van der Waals surface area contributed by atoms with Gasteiger partial charge < -0.3 is 10.6 Å². The molecule has 0 aliphatic heterocycles. The van der Waals surface area contributed by atoms with Crippen LogP contribution in [0.1, 0.15) is 12.0 Å². The van der Waals surface area contributed by atoms with E-state index in [-0.39, 0.29) is 5.91 Å². The fraction of sp³-hybridized carbons (Fsp3) is 0.308. The number of anilines is 1. The standard InChI is InChI=1S/C13H15ClN2O/c1-15-10-2-3-11-4-6-12(7-5-11)16-13(17)8-9-14/h4-7,15H,8-10H2,1H3,(H,16,17). The number of carbonyl (C=O) groups is 1. The first-order valence-corrected chi connectivity index (χ1v) is 5.89. The third-order valence-electron chi connectivity index (χ3n) is 1.99. The Morgan fingerprint density at radius 2 is 2.06 bits per heavy atom. The number of amides is 1. The smallest absolute Gasteiger partial charge is 0.225 e. The largest absolute Gasteiger partial charge is 0.326 e. The van der Waals surface area contributed by atoms with E-state index >= 15 is 0 Å². The molecular weight excluding hydrogens is 236 g/mol. The zero-order valence-electron chi connectivity index (χ0n) is 9.72. The zero-order chi connectivity index (χ0) is 12.5. The Morgan fingerprint density at radius 3 is 2.65 bits per heavy atom. The Labute approximate surface area is 107 Å². The molecular formula is C13H15ClN2O. The highest BCUT2D eigenvalue weighted by Gasteiger charge is 2.00. The summed E-state index contributed by atoms with van der Waals surface area (Å²) >= 11 is 5.47. The lowest BCUT2D eigenvalue weighted by Gasteiger charge is -2.03. The van der Waals surface area contributed by atoms with Crippen LogP contribution in [-0.2, 0) is 4.79 Å². The highest BCUT2D eigenvalue weighted by Crippen LogP contribution is 2.09. The SMILES string of the molecule is CNCC#Cc1ccc(NC(=O)CCCl)cc1. The van der Waals surface area contributed by atoms with E-state index in [2.05, 4.69) is 22.5 Å². The second-order valence-corrected chi connectivity index (χ2v) is 3.77. The summed E-state index contributed by atoms with van der Waals surface area (Å²) in [5.74, 6) is 6.23. The molecule has 4 heteroatoms. The van der Waals surface area contributed by atoms with Gasteiger partial charge in [-0.25, -0.2) is 0 Å². The Bertz CT molecular complexity index is 417. The van der Waals surface area contributed by atoms with E-state index in [0.29, 0.717) is 18.8 Å². The average molecular weight is 251 g/mol. The highest BCUT2D eigenvalue weighted by atomic mass is 35.5.